The fraction of sp³-hybridized carbons (Fsp3) is 0.636. The van der Waals surface area contributed by atoms with Crippen molar-refractivity contribution in [3.63, 3.8) is 0 Å². The lowest BCUT2D eigenvalue weighted by molar-refractivity contribution is 0.427. The van der Waals surface area contributed by atoms with E-state index in [4.69, 9.17) is 0 Å². The first-order valence-corrected chi connectivity index (χ1v) is 5.75. The number of anilines is 1. The molecule has 1 aliphatic rings. The Morgan fingerprint density at radius 2 is 2.25 bits per heavy atom. The molecule has 5 heteroatoms. The molecule has 2 heterocycles. The lowest BCUT2D eigenvalue weighted by Crippen LogP contribution is -2.46. The Morgan fingerprint density at radius 1 is 1.50 bits per heavy atom. The summed E-state index contributed by atoms with van der Waals surface area (Å²) in [5.41, 5.74) is 0. The van der Waals surface area contributed by atoms with Gasteiger partial charge in [-0.2, -0.15) is 0 Å². The molecule has 1 saturated heterocycles. The summed E-state index contributed by atoms with van der Waals surface area (Å²) in [5, 5.41) is 3.42. The summed E-state index contributed by atoms with van der Waals surface area (Å²) in [6.45, 7) is 4.93. The number of hydrogen-bond donors (Lipinski definition) is 1. The van der Waals surface area contributed by atoms with Crippen molar-refractivity contribution in [2.24, 2.45) is 0 Å². The Labute approximate surface area is 94.9 Å². The maximum atomic E-state index is 12.7. The van der Waals surface area contributed by atoms with Gasteiger partial charge in [0, 0.05) is 19.1 Å². The van der Waals surface area contributed by atoms with Gasteiger partial charge in [-0.05, 0) is 19.4 Å². The van der Waals surface area contributed by atoms with Gasteiger partial charge in [0.25, 0.3) is 0 Å². The van der Waals surface area contributed by atoms with Crippen LogP contribution in [0.15, 0.2) is 12.4 Å². The Balaban J connectivity index is 2.01. The van der Waals surface area contributed by atoms with E-state index in [1.165, 1.54) is 18.8 Å². The van der Waals surface area contributed by atoms with E-state index in [9.17, 15) is 4.39 Å². The summed E-state index contributed by atoms with van der Waals surface area (Å²) in [6, 6.07) is 0.493. The highest BCUT2D eigenvalue weighted by Crippen LogP contribution is 2.15. The Morgan fingerprint density at radius 3 is 2.94 bits per heavy atom. The number of nitrogens with one attached hydrogen (secondary N) is 1. The Hall–Kier alpha value is -1.23. The summed E-state index contributed by atoms with van der Waals surface area (Å²) >= 11 is 0. The molecule has 16 heavy (non-hydrogen) atoms. The van der Waals surface area contributed by atoms with Crippen LogP contribution in [0.5, 0.6) is 0 Å². The average molecular weight is 224 g/mol. The summed E-state index contributed by atoms with van der Waals surface area (Å²) < 4.78 is 12.7. The van der Waals surface area contributed by atoms with Crippen molar-refractivity contribution in [3.05, 3.63) is 18.2 Å². The van der Waals surface area contributed by atoms with Crippen molar-refractivity contribution in [2.45, 2.75) is 25.8 Å². The van der Waals surface area contributed by atoms with Crippen molar-refractivity contribution in [2.75, 3.05) is 24.5 Å². The van der Waals surface area contributed by atoms with Gasteiger partial charge in [0.2, 0.25) is 5.95 Å². The van der Waals surface area contributed by atoms with Crippen LogP contribution >= 0.6 is 0 Å². The highest BCUT2D eigenvalue weighted by molar-refractivity contribution is 5.29. The quantitative estimate of drug-likeness (QED) is 0.837. The van der Waals surface area contributed by atoms with Gasteiger partial charge in [0.1, 0.15) is 0 Å². The zero-order valence-electron chi connectivity index (χ0n) is 9.49. The normalized spacial score (nSPS) is 21.1. The number of hydrogen-bond acceptors (Lipinski definition) is 4. The maximum Gasteiger partial charge on any atom is 0.225 e. The van der Waals surface area contributed by atoms with Crippen LogP contribution in [0.2, 0.25) is 0 Å². The van der Waals surface area contributed by atoms with E-state index in [0.29, 0.717) is 12.0 Å². The fourth-order valence-electron chi connectivity index (χ4n) is 2.08. The van der Waals surface area contributed by atoms with Crippen molar-refractivity contribution >= 4 is 5.95 Å². The number of rotatable bonds is 3. The predicted molar refractivity (Wildman–Crippen MR) is 60.9 cm³/mol. The van der Waals surface area contributed by atoms with E-state index in [0.717, 1.165) is 26.1 Å². The zero-order chi connectivity index (χ0) is 11.4. The smallest absolute Gasteiger partial charge is 0.225 e. The van der Waals surface area contributed by atoms with Crippen LogP contribution in [-0.4, -0.2) is 35.6 Å². The molecular formula is C11H17FN4. The molecule has 0 amide bonds. The molecule has 1 aromatic heterocycles. The highest BCUT2D eigenvalue weighted by Gasteiger charge is 2.20. The van der Waals surface area contributed by atoms with Gasteiger partial charge in [-0.3, -0.25) is 0 Å². The van der Waals surface area contributed by atoms with Crippen LogP contribution in [0.25, 0.3) is 0 Å². The highest BCUT2D eigenvalue weighted by atomic mass is 19.1. The number of nitrogens with zero attached hydrogens (tertiary/aromatic N) is 3. The van der Waals surface area contributed by atoms with Crippen molar-refractivity contribution in [1.29, 1.82) is 0 Å². The molecule has 1 aromatic rings. The largest absolute Gasteiger partial charge is 0.339 e. The van der Waals surface area contributed by atoms with Crippen LogP contribution in [0.3, 0.4) is 0 Å². The van der Waals surface area contributed by atoms with Crippen LogP contribution in [0.4, 0.5) is 10.3 Å². The van der Waals surface area contributed by atoms with Gasteiger partial charge in [-0.25, -0.2) is 14.4 Å². The summed E-state index contributed by atoms with van der Waals surface area (Å²) in [7, 11) is 0. The second kappa shape index (κ2) is 5.21. The average Bonchev–Trinajstić information content (AvgIpc) is 2.31. The summed E-state index contributed by atoms with van der Waals surface area (Å²) in [6.07, 6.45) is 4.75. The van der Waals surface area contributed by atoms with Gasteiger partial charge in [-0.1, -0.05) is 6.92 Å². The lowest BCUT2D eigenvalue weighted by Gasteiger charge is -2.33. The molecule has 0 aromatic carbocycles. The van der Waals surface area contributed by atoms with E-state index in [-0.39, 0.29) is 5.82 Å². The number of piperidine rings is 1. The van der Waals surface area contributed by atoms with Crippen LogP contribution < -0.4 is 10.2 Å². The first-order chi connectivity index (χ1) is 7.79. The molecule has 0 spiro atoms. The molecule has 1 fully saturated rings. The minimum absolute atomic E-state index is 0.385. The molecule has 4 nitrogen and oxygen atoms in total. The van der Waals surface area contributed by atoms with Gasteiger partial charge in [0.05, 0.1) is 12.4 Å². The molecule has 1 atom stereocenters. The second-order valence-electron chi connectivity index (χ2n) is 4.04. The minimum atomic E-state index is -0.385. The van der Waals surface area contributed by atoms with Crippen LogP contribution in [-0.2, 0) is 0 Å². The molecule has 0 aliphatic carbocycles. The molecule has 1 N–H and O–H groups in total. The van der Waals surface area contributed by atoms with Gasteiger partial charge in [0.15, 0.2) is 5.82 Å². The lowest BCUT2D eigenvalue weighted by atomic mass is 10.1. The van der Waals surface area contributed by atoms with Gasteiger partial charge in [-0.15, -0.1) is 0 Å². The molecule has 0 radical (unpaired) electrons. The first kappa shape index (κ1) is 11.3. The third-order valence-corrected chi connectivity index (χ3v) is 2.80. The number of halogens is 1. The number of likely N-dealkylation sites (N-methyl/N-ethyl adjacent to an activating group) is 1. The predicted octanol–water partition coefficient (Wildman–Crippen LogP) is 1.19. The van der Waals surface area contributed by atoms with Crippen molar-refractivity contribution in [3.8, 4) is 0 Å². The van der Waals surface area contributed by atoms with E-state index in [2.05, 4.69) is 27.1 Å². The summed E-state index contributed by atoms with van der Waals surface area (Å²) in [5.74, 6) is 0.244. The zero-order valence-corrected chi connectivity index (χ0v) is 9.49. The molecule has 0 saturated carbocycles. The van der Waals surface area contributed by atoms with Crippen LogP contribution in [0.1, 0.15) is 19.8 Å². The Bertz CT molecular complexity index is 325. The van der Waals surface area contributed by atoms with Crippen LogP contribution in [0, 0.1) is 5.82 Å². The molecule has 1 aliphatic heterocycles. The Kier molecular flexibility index (Phi) is 3.66. The monoisotopic (exact) mass is 224 g/mol. The SMILES string of the molecule is CCNC1CCCN(c2ncc(F)cn2)C1. The standard InChI is InChI=1S/C11H17FN4/c1-2-13-10-4-3-5-16(8-10)11-14-6-9(12)7-15-11/h6-7,10,13H,2-5,8H2,1H3. The van der Waals surface area contributed by atoms with E-state index in [1.807, 2.05) is 0 Å². The maximum absolute atomic E-state index is 12.7. The molecule has 2 rings (SSSR count). The fourth-order valence-corrected chi connectivity index (χ4v) is 2.08. The van der Waals surface area contributed by atoms with Crippen molar-refractivity contribution in [1.82, 2.24) is 15.3 Å². The van der Waals surface area contributed by atoms with E-state index < -0.39 is 0 Å². The summed E-state index contributed by atoms with van der Waals surface area (Å²) in [4.78, 5) is 10.1. The van der Waals surface area contributed by atoms with Crippen molar-refractivity contribution < 1.29 is 4.39 Å². The number of aromatic nitrogens is 2. The second-order valence-corrected chi connectivity index (χ2v) is 4.04. The first-order valence-electron chi connectivity index (χ1n) is 5.75. The molecule has 88 valence electrons. The van der Waals surface area contributed by atoms with Gasteiger partial charge < -0.3 is 10.2 Å². The van der Waals surface area contributed by atoms with Gasteiger partial charge >= 0.3 is 0 Å². The van der Waals surface area contributed by atoms with E-state index in [1.54, 1.807) is 0 Å². The molecular weight excluding hydrogens is 207 g/mol. The third kappa shape index (κ3) is 2.66. The van der Waals surface area contributed by atoms with E-state index >= 15 is 0 Å². The third-order valence-electron chi connectivity index (χ3n) is 2.80. The molecule has 1 unspecified atom stereocenters. The molecule has 0 bridgehead atoms. The minimum Gasteiger partial charge on any atom is -0.339 e. The topological polar surface area (TPSA) is 41.0 Å².